The first-order chi connectivity index (χ1) is 9.04. The van der Waals surface area contributed by atoms with E-state index in [1.807, 2.05) is 0 Å². The monoisotopic (exact) mass is 286 g/mol. The van der Waals surface area contributed by atoms with Crippen molar-refractivity contribution in [2.45, 2.75) is 52.7 Å². The first-order valence-corrected chi connectivity index (χ1v) is 7.72. The van der Waals surface area contributed by atoms with E-state index in [1.54, 1.807) is 18.4 Å². The molecule has 1 heterocycles. The normalized spacial score (nSPS) is 13.0. The van der Waals surface area contributed by atoms with E-state index in [2.05, 4.69) is 32.6 Å². The molecule has 0 aliphatic rings. The Morgan fingerprint density at radius 1 is 1.37 bits per heavy atom. The molecule has 0 radical (unpaired) electrons. The van der Waals surface area contributed by atoms with Crippen molar-refractivity contribution in [3.05, 3.63) is 10.6 Å². The number of aliphatic hydroxyl groups is 1. The fraction of sp³-hybridized carbons (Fsp3) is 0.786. The summed E-state index contributed by atoms with van der Waals surface area (Å²) in [4.78, 5) is 7.99. The molecule has 0 aliphatic carbocycles. The molecule has 5 heteroatoms. The minimum Gasteiger partial charge on any atom is -0.391 e. The lowest BCUT2D eigenvalue weighted by Crippen LogP contribution is -2.35. The summed E-state index contributed by atoms with van der Waals surface area (Å²) in [6.45, 7) is 10.2. The number of thiazole rings is 1. The van der Waals surface area contributed by atoms with E-state index in [0.717, 1.165) is 28.7 Å². The van der Waals surface area contributed by atoms with Gasteiger partial charge in [-0.2, -0.15) is 0 Å². The molecule has 0 amide bonds. The Morgan fingerprint density at radius 2 is 2.05 bits per heavy atom. The largest absolute Gasteiger partial charge is 0.391 e. The maximum absolute atomic E-state index is 9.46. The van der Waals surface area contributed by atoms with Gasteiger partial charge in [-0.25, -0.2) is 4.98 Å². The lowest BCUT2D eigenvalue weighted by Gasteiger charge is -2.27. The van der Waals surface area contributed by atoms with Crippen LogP contribution >= 0.6 is 11.3 Å². The standard InChI is InChI=1S/C14H26N2O2S/c1-6-11(4)16(7-8-18-5)14-15-13(10(2)3)12(9-17)19-14/h10-11,17H,6-9H2,1-5H3. The van der Waals surface area contributed by atoms with Crippen LogP contribution in [0, 0.1) is 0 Å². The molecule has 4 nitrogen and oxygen atoms in total. The highest BCUT2D eigenvalue weighted by Crippen LogP contribution is 2.32. The van der Waals surface area contributed by atoms with Gasteiger partial charge in [0, 0.05) is 19.7 Å². The quantitative estimate of drug-likeness (QED) is 0.798. The summed E-state index contributed by atoms with van der Waals surface area (Å²) in [7, 11) is 1.72. The molecule has 0 saturated heterocycles. The third kappa shape index (κ3) is 4.16. The van der Waals surface area contributed by atoms with Crippen LogP contribution in [0.2, 0.25) is 0 Å². The second-order valence-corrected chi connectivity index (χ2v) is 6.12. The van der Waals surface area contributed by atoms with Crippen LogP contribution in [0.25, 0.3) is 0 Å². The highest BCUT2D eigenvalue weighted by atomic mass is 32.1. The Balaban J connectivity index is 3.01. The summed E-state index contributed by atoms with van der Waals surface area (Å²) < 4.78 is 5.19. The molecule has 1 atom stereocenters. The van der Waals surface area contributed by atoms with Crippen molar-refractivity contribution in [2.75, 3.05) is 25.2 Å². The molecule has 1 unspecified atom stereocenters. The van der Waals surface area contributed by atoms with E-state index in [9.17, 15) is 5.11 Å². The Kier molecular flexibility index (Phi) is 6.75. The van der Waals surface area contributed by atoms with Gasteiger partial charge in [0.05, 0.1) is 23.8 Å². The van der Waals surface area contributed by atoms with Gasteiger partial charge < -0.3 is 14.7 Å². The fourth-order valence-corrected chi connectivity index (χ4v) is 3.16. The predicted octanol–water partition coefficient (Wildman–Crippen LogP) is 3.01. The summed E-state index contributed by atoms with van der Waals surface area (Å²) in [5, 5.41) is 10.5. The molecule has 0 aromatic carbocycles. The molecule has 0 bridgehead atoms. The van der Waals surface area contributed by atoms with Crippen molar-refractivity contribution in [3.63, 3.8) is 0 Å². The van der Waals surface area contributed by atoms with E-state index in [-0.39, 0.29) is 6.61 Å². The number of aliphatic hydroxyl groups excluding tert-OH is 1. The Bertz CT molecular complexity index is 380. The second kappa shape index (κ2) is 7.82. The second-order valence-electron chi connectivity index (χ2n) is 5.06. The van der Waals surface area contributed by atoms with Crippen LogP contribution < -0.4 is 4.90 Å². The van der Waals surface area contributed by atoms with Crippen molar-refractivity contribution in [1.82, 2.24) is 4.98 Å². The van der Waals surface area contributed by atoms with Crippen LogP contribution in [0.4, 0.5) is 5.13 Å². The average Bonchev–Trinajstić information content (AvgIpc) is 2.83. The van der Waals surface area contributed by atoms with E-state index < -0.39 is 0 Å². The van der Waals surface area contributed by atoms with Crippen LogP contribution in [0.15, 0.2) is 0 Å². The van der Waals surface area contributed by atoms with Crippen molar-refractivity contribution in [3.8, 4) is 0 Å². The summed E-state index contributed by atoms with van der Waals surface area (Å²) in [5.74, 6) is 0.341. The Labute approximate surface area is 120 Å². The highest BCUT2D eigenvalue weighted by molar-refractivity contribution is 7.15. The molecule has 0 spiro atoms. The lowest BCUT2D eigenvalue weighted by molar-refractivity contribution is 0.203. The van der Waals surface area contributed by atoms with Crippen LogP contribution in [-0.4, -0.2) is 36.4 Å². The number of aromatic nitrogens is 1. The van der Waals surface area contributed by atoms with Gasteiger partial charge in [0.1, 0.15) is 0 Å². The summed E-state index contributed by atoms with van der Waals surface area (Å²) in [6, 6.07) is 0.424. The molecular formula is C14H26N2O2S. The third-order valence-electron chi connectivity index (χ3n) is 3.31. The minimum absolute atomic E-state index is 0.0732. The number of hydrogen-bond acceptors (Lipinski definition) is 5. The van der Waals surface area contributed by atoms with Gasteiger partial charge in [-0.3, -0.25) is 0 Å². The summed E-state index contributed by atoms with van der Waals surface area (Å²) in [5.41, 5.74) is 1.02. The van der Waals surface area contributed by atoms with Gasteiger partial charge in [-0.15, -0.1) is 0 Å². The topological polar surface area (TPSA) is 45.6 Å². The minimum atomic E-state index is 0.0732. The van der Waals surface area contributed by atoms with Gasteiger partial charge in [0.15, 0.2) is 5.13 Å². The van der Waals surface area contributed by atoms with Gasteiger partial charge in [-0.1, -0.05) is 32.1 Å². The fourth-order valence-electron chi connectivity index (χ4n) is 1.95. The molecule has 19 heavy (non-hydrogen) atoms. The van der Waals surface area contributed by atoms with Gasteiger partial charge in [0.25, 0.3) is 0 Å². The number of nitrogens with zero attached hydrogens (tertiary/aromatic N) is 2. The SMILES string of the molecule is CCC(C)N(CCOC)c1nc(C(C)C)c(CO)s1. The predicted molar refractivity (Wildman–Crippen MR) is 81.1 cm³/mol. The third-order valence-corrected chi connectivity index (χ3v) is 4.40. The first-order valence-electron chi connectivity index (χ1n) is 6.91. The lowest BCUT2D eigenvalue weighted by atomic mass is 10.1. The number of hydrogen-bond donors (Lipinski definition) is 1. The maximum Gasteiger partial charge on any atom is 0.186 e. The van der Waals surface area contributed by atoms with E-state index >= 15 is 0 Å². The number of rotatable bonds is 8. The molecule has 0 saturated carbocycles. The zero-order chi connectivity index (χ0) is 14.4. The highest BCUT2D eigenvalue weighted by Gasteiger charge is 2.20. The molecule has 110 valence electrons. The zero-order valence-corrected chi connectivity index (χ0v) is 13.5. The Hall–Kier alpha value is -0.650. The molecular weight excluding hydrogens is 260 g/mol. The van der Waals surface area contributed by atoms with Crippen molar-refractivity contribution >= 4 is 16.5 Å². The molecule has 0 aliphatic heterocycles. The number of anilines is 1. The average molecular weight is 286 g/mol. The van der Waals surface area contributed by atoms with E-state index in [0.29, 0.717) is 18.6 Å². The van der Waals surface area contributed by atoms with Crippen LogP contribution in [-0.2, 0) is 11.3 Å². The number of ether oxygens (including phenoxy) is 1. The maximum atomic E-state index is 9.46. The van der Waals surface area contributed by atoms with Crippen molar-refractivity contribution < 1.29 is 9.84 Å². The van der Waals surface area contributed by atoms with Crippen molar-refractivity contribution in [2.24, 2.45) is 0 Å². The van der Waals surface area contributed by atoms with Crippen LogP contribution in [0.5, 0.6) is 0 Å². The molecule has 1 aromatic rings. The van der Waals surface area contributed by atoms with Crippen LogP contribution in [0.3, 0.4) is 0 Å². The van der Waals surface area contributed by atoms with Gasteiger partial charge in [-0.05, 0) is 19.3 Å². The van der Waals surface area contributed by atoms with E-state index in [4.69, 9.17) is 9.72 Å². The zero-order valence-electron chi connectivity index (χ0n) is 12.6. The van der Waals surface area contributed by atoms with Gasteiger partial charge >= 0.3 is 0 Å². The summed E-state index contributed by atoms with van der Waals surface area (Å²) >= 11 is 1.60. The van der Waals surface area contributed by atoms with Crippen LogP contribution in [0.1, 0.15) is 50.6 Å². The van der Waals surface area contributed by atoms with Gasteiger partial charge in [0.2, 0.25) is 0 Å². The smallest absolute Gasteiger partial charge is 0.186 e. The molecule has 0 fully saturated rings. The number of methoxy groups -OCH3 is 1. The molecule has 1 aromatic heterocycles. The van der Waals surface area contributed by atoms with E-state index in [1.165, 1.54) is 0 Å². The summed E-state index contributed by atoms with van der Waals surface area (Å²) in [6.07, 6.45) is 1.06. The first kappa shape index (κ1) is 16.4. The molecule has 1 N–H and O–H groups in total. The molecule has 1 rings (SSSR count). The van der Waals surface area contributed by atoms with Crippen molar-refractivity contribution in [1.29, 1.82) is 0 Å². The Morgan fingerprint density at radius 3 is 2.47 bits per heavy atom.